The topological polar surface area (TPSA) is 59.4 Å². The van der Waals surface area contributed by atoms with Crippen molar-refractivity contribution in [3.05, 3.63) is 60.3 Å². The summed E-state index contributed by atoms with van der Waals surface area (Å²) < 4.78 is 5.34. The first-order valence-corrected chi connectivity index (χ1v) is 6.45. The number of rotatable bonds is 3. The second kappa shape index (κ2) is 5.25. The first-order valence-electron chi connectivity index (χ1n) is 6.45. The molecule has 104 valence electrons. The standard InChI is InChI=1S/C17H13NO3/c1-21-16-7-5-13(17(19)20)10-14(16)11-4-6-15-12(9-11)3-2-8-18-15/h2-10H,1H3,(H,19,20). The Bertz CT molecular complexity index is 827. The van der Waals surface area contributed by atoms with E-state index in [-0.39, 0.29) is 5.56 Å². The average Bonchev–Trinajstić information content (AvgIpc) is 2.53. The van der Waals surface area contributed by atoms with E-state index in [0.29, 0.717) is 5.75 Å². The molecule has 0 spiro atoms. The van der Waals surface area contributed by atoms with Crippen LogP contribution in [0.5, 0.6) is 5.75 Å². The summed E-state index contributed by atoms with van der Waals surface area (Å²) in [5, 5.41) is 10.1. The molecule has 3 aromatic rings. The van der Waals surface area contributed by atoms with Crippen LogP contribution in [0.1, 0.15) is 10.4 Å². The van der Waals surface area contributed by atoms with Gasteiger partial charge in [-0.05, 0) is 42.0 Å². The van der Waals surface area contributed by atoms with Gasteiger partial charge in [-0.25, -0.2) is 4.79 Å². The van der Waals surface area contributed by atoms with Gasteiger partial charge in [-0.1, -0.05) is 12.1 Å². The van der Waals surface area contributed by atoms with Gasteiger partial charge in [0.2, 0.25) is 0 Å². The highest BCUT2D eigenvalue weighted by Crippen LogP contribution is 2.32. The molecule has 0 saturated heterocycles. The van der Waals surface area contributed by atoms with E-state index >= 15 is 0 Å². The highest BCUT2D eigenvalue weighted by Gasteiger charge is 2.11. The van der Waals surface area contributed by atoms with Gasteiger partial charge in [-0.2, -0.15) is 0 Å². The Kier molecular flexibility index (Phi) is 3.28. The minimum atomic E-state index is -0.957. The third-order valence-electron chi connectivity index (χ3n) is 3.36. The quantitative estimate of drug-likeness (QED) is 0.795. The van der Waals surface area contributed by atoms with E-state index in [0.717, 1.165) is 22.0 Å². The zero-order chi connectivity index (χ0) is 14.8. The summed E-state index contributed by atoms with van der Waals surface area (Å²) >= 11 is 0. The van der Waals surface area contributed by atoms with Crippen molar-refractivity contribution in [2.75, 3.05) is 7.11 Å². The Morgan fingerprint density at radius 2 is 2.00 bits per heavy atom. The predicted molar refractivity (Wildman–Crippen MR) is 80.7 cm³/mol. The van der Waals surface area contributed by atoms with E-state index in [9.17, 15) is 4.79 Å². The lowest BCUT2D eigenvalue weighted by Crippen LogP contribution is -1.98. The van der Waals surface area contributed by atoms with Crippen molar-refractivity contribution >= 4 is 16.9 Å². The van der Waals surface area contributed by atoms with Crippen molar-refractivity contribution in [2.24, 2.45) is 0 Å². The molecule has 2 aromatic carbocycles. The molecule has 0 amide bonds. The van der Waals surface area contributed by atoms with E-state index in [1.54, 1.807) is 25.4 Å². The van der Waals surface area contributed by atoms with Crippen molar-refractivity contribution in [1.29, 1.82) is 0 Å². The Balaban J connectivity index is 2.20. The highest BCUT2D eigenvalue weighted by atomic mass is 16.5. The third kappa shape index (κ3) is 2.43. The second-order valence-electron chi connectivity index (χ2n) is 4.63. The van der Waals surface area contributed by atoms with Gasteiger partial charge >= 0.3 is 5.97 Å². The molecule has 0 aliphatic carbocycles. The minimum Gasteiger partial charge on any atom is -0.496 e. The minimum absolute atomic E-state index is 0.233. The number of aromatic nitrogens is 1. The summed E-state index contributed by atoms with van der Waals surface area (Å²) in [6.45, 7) is 0. The number of carbonyl (C=O) groups is 1. The zero-order valence-electron chi connectivity index (χ0n) is 11.4. The average molecular weight is 279 g/mol. The van der Waals surface area contributed by atoms with Gasteiger partial charge in [-0.3, -0.25) is 4.98 Å². The number of fused-ring (bicyclic) bond motifs is 1. The van der Waals surface area contributed by atoms with Gasteiger partial charge in [0, 0.05) is 17.1 Å². The van der Waals surface area contributed by atoms with Crippen LogP contribution in [0.3, 0.4) is 0 Å². The van der Waals surface area contributed by atoms with E-state index < -0.39 is 5.97 Å². The van der Waals surface area contributed by atoms with Crippen molar-refractivity contribution in [3.8, 4) is 16.9 Å². The molecule has 0 unspecified atom stereocenters. The van der Waals surface area contributed by atoms with Gasteiger partial charge < -0.3 is 9.84 Å². The van der Waals surface area contributed by atoms with Crippen LogP contribution in [-0.2, 0) is 0 Å². The maximum atomic E-state index is 11.1. The van der Waals surface area contributed by atoms with Crippen LogP contribution in [0.25, 0.3) is 22.0 Å². The number of hydrogen-bond donors (Lipinski definition) is 1. The smallest absolute Gasteiger partial charge is 0.335 e. The summed E-state index contributed by atoms with van der Waals surface area (Å²) in [6, 6.07) is 14.5. The Morgan fingerprint density at radius 1 is 1.14 bits per heavy atom. The number of hydrogen-bond acceptors (Lipinski definition) is 3. The molecule has 0 atom stereocenters. The van der Waals surface area contributed by atoms with Gasteiger partial charge in [-0.15, -0.1) is 0 Å². The van der Waals surface area contributed by atoms with Crippen molar-refractivity contribution in [1.82, 2.24) is 4.98 Å². The zero-order valence-corrected chi connectivity index (χ0v) is 11.4. The molecule has 0 radical (unpaired) electrons. The molecular formula is C17H13NO3. The molecule has 1 N–H and O–H groups in total. The number of carboxylic acids is 1. The van der Waals surface area contributed by atoms with Crippen LogP contribution in [0.4, 0.5) is 0 Å². The number of carboxylic acid groups (broad SMARTS) is 1. The maximum Gasteiger partial charge on any atom is 0.335 e. The first-order chi connectivity index (χ1) is 10.2. The lowest BCUT2D eigenvalue weighted by molar-refractivity contribution is 0.0697. The van der Waals surface area contributed by atoms with Crippen LogP contribution < -0.4 is 4.74 Å². The van der Waals surface area contributed by atoms with E-state index in [1.807, 2.05) is 30.3 Å². The normalized spacial score (nSPS) is 10.5. The molecule has 0 bridgehead atoms. The monoisotopic (exact) mass is 279 g/mol. The Hall–Kier alpha value is -2.88. The fourth-order valence-corrected chi connectivity index (χ4v) is 2.31. The predicted octanol–water partition coefficient (Wildman–Crippen LogP) is 3.61. The Labute approximate surface area is 121 Å². The fourth-order valence-electron chi connectivity index (χ4n) is 2.31. The van der Waals surface area contributed by atoms with Gasteiger partial charge in [0.1, 0.15) is 5.75 Å². The number of benzene rings is 2. The lowest BCUT2D eigenvalue weighted by atomic mass is 10.00. The van der Waals surface area contributed by atoms with Crippen molar-refractivity contribution in [3.63, 3.8) is 0 Å². The van der Waals surface area contributed by atoms with Crippen LogP contribution in [-0.4, -0.2) is 23.2 Å². The van der Waals surface area contributed by atoms with Crippen LogP contribution in [0, 0.1) is 0 Å². The number of nitrogens with zero attached hydrogens (tertiary/aromatic N) is 1. The SMILES string of the molecule is COc1ccc(C(=O)O)cc1-c1ccc2ncccc2c1. The molecule has 21 heavy (non-hydrogen) atoms. The van der Waals surface area contributed by atoms with E-state index in [1.165, 1.54) is 6.07 Å². The number of aromatic carboxylic acids is 1. The summed E-state index contributed by atoms with van der Waals surface area (Å²) in [7, 11) is 1.57. The van der Waals surface area contributed by atoms with Crippen molar-refractivity contribution < 1.29 is 14.6 Å². The molecule has 3 rings (SSSR count). The lowest BCUT2D eigenvalue weighted by Gasteiger charge is -2.10. The number of ether oxygens (including phenoxy) is 1. The molecule has 0 aliphatic heterocycles. The molecule has 0 fully saturated rings. The first kappa shape index (κ1) is 13.1. The van der Waals surface area contributed by atoms with Crippen LogP contribution >= 0.6 is 0 Å². The molecule has 0 saturated carbocycles. The van der Waals surface area contributed by atoms with E-state index in [4.69, 9.17) is 9.84 Å². The largest absolute Gasteiger partial charge is 0.496 e. The summed E-state index contributed by atoms with van der Waals surface area (Å²) in [6.07, 6.45) is 1.74. The fraction of sp³-hybridized carbons (Fsp3) is 0.0588. The summed E-state index contributed by atoms with van der Waals surface area (Å²) in [4.78, 5) is 15.4. The Morgan fingerprint density at radius 3 is 2.76 bits per heavy atom. The molecule has 4 nitrogen and oxygen atoms in total. The molecule has 1 aromatic heterocycles. The summed E-state index contributed by atoms with van der Waals surface area (Å²) in [5.74, 6) is -0.315. The van der Waals surface area contributed by atoms with Gasteiger partial charge in [0.25, 0.3) is 0 Å². The molecule has 1 heterocycles. The van der Waals surface area contributed by atoms with Crippen molar-refractivity contribution in [2.45, 2.75) is 0 Å². The second-order valence-corrected chi connectivity index (χ2v) is 4.63. The molecule has 4 heteroatoms. The van der Waals surface area contributed by atoms with Crippen LogP contribution in [0.2, 0.25) is 0 Å². The molecular weight excluding hydrogens is 266 g/mol. The maximum absolute atomic E-state index is 11.1. The molecule has 0 aliphatic rings. The summed E-state index contributed by atoms with van der Waals surface area (Å²) in [5.41, 5.74) is 2.78. The third-order valence-corrected chi connectivity index (χ3v) is 3.36. The number of pyridine rings is 1. The highest BCUT2D eigenvalue weighted by molar-refractivity contribution is 5.92. The van der Waals surface area contributed by atoms with Gasteiger partial charge in [0.15, 0.2) is 0 Å². The van der Waals surface area contributed by atoms with Gasteiger partial charge in [0.05, 0.1) is 18.2 Å². The number of methoxy groups -OCH3 is 1. The van der Waals surface area contributed by atoms with E-state index in [2.05, 4.69) is 4.98 Å². The van der Waals surface area contributed by atoms with Crippen LogP contribution in [0.15, 0.2) is 54.7 Å².